The molecule has 0 unspecified atom stereocenters. The Labute approximate surface area is 160 Å². The fraction of sp³-hybridized carbons (Fsp3) is 0.619. The van der Waals surface area contributed by atoms with Gasteiger partial charge in [-0.15, -0.1) is 0 Å². The van der Waals surface area contributed by atoms with Crippen LogP contribution in [0.15, 0.2) is 18.2 Å². The predicted molar refractivity (Wildman–Crippen MR) is 104 cm³/mol. The molecule has 0 bridgehead atoms. The summed E-state index contributed by atoms with van der Waals surface area (Å²) in [7, 11) is 0. The van der Waals surface area contributed by atoms with E-state index >= 15 is 0 Å². The van der Waals surface area contributed by atoms with Gasteiger partial charge in [-0.2, -0.15) is 0 Å². The lowest BCUT2D eigenvalue weighted by atomic mass is 10.1. The van der Waals surface area contributed by atoms with Crippen LogP contribution >= 0.6 is 0 Å². The highest BCUT2D eigenvalue weighted by Crippen LogP contribution is 2.30. The number of carbonyl (C=O) groups is 2. The Hall–Kier alpha value is -1.92. The number of ether oxygens (including phenoxy) is 1. The van der Waals surface area contributed by atoms with Crippen molar-refractivity contribution in [1.82, 2.24) is 10.2 Å². The van der Waals surface area contributed by atoms with Gasteiger partial charge in [0, 0.05) is 31.9 Å². The van der Waals surface area contributed by atoms with Crippen molar-refractivity contribution in [3.8, 4) is 0 Å². The number of hydrogen-bond acceptors (Lipinski definition) is 4. The first kappa shape index (κ1) is 18.4. The molecule has 2 aliphatic heterocycles. The van der Waals surface area contributed by atoms with Gasteiger partial charge in [0.25, 0.3) is 0 Å². The van der Waals surface area contributed by atoms with Gasteiger partial charge in [-0.05, 0) is 61.9 Å². The Balaban J connectivity index is 1.26. The molecule has 6 nitrogen and oxygen atoms in total. The van der Waals surface area contributed by atoms with E-state index in [1.54, 1.807) is 4.90 Å². The molecule has 1 aromatic carbocycles. The summed E-state index contributed by atoms with van der Waals surface area (Å²) in [5.41, 5.74) is 3.71. The van der Waals surface area contributed by atoms with E-state index in [0.29, 0.717) is 19.5 Å². The first-order valence-electron chi connectivity index (χ1n) is 10.2. The van der Waals surface area contributed by atoms with E-state index in [0.717, 1.165) is 57.8 Å². The predicted octanol–water partition coefficient (Wildman–Crippen LogP) is 1.37. The zero-order valence-corrected chi connectivity index (χ0v) is 15.9. The summed E-state index contributed by atoms with van der Waals surface area (Å²) in [6.45, 7) is 5.73. The molecule has 2 amide bonds. The molecule has 2 fully saturated rings. The number of amides is 2. The molecule has 146 valence electrons. The fourth-order valence-electron chi connectivity index (χ4n) is 4.37. The third kappa shape index (κ3) is 4.17. The summed E-state index contributed by atoms with van der Waals surface area (Å²) < 4.78 is 5.34. The van der Waals surface area contributed by atoms with E-state index < -0.39 is 5.92 Å². The molecule has 0 saturated carbocycles. The number of carbonyl (C=O) groups excluding carboxylic acids is 2. The summed E-state index contributed by atoms with van der Waals surface area (Å²) in [5, 5.41) is 2.96. The Morgan fingerprint density at radius 3 is 2.81 bits per heavy atom. The summed E-state index contributed by atoms with van der Waals surface area (Å²) in [6.07, 6.45) is 4.94. The third-order valence-corrected chi connectivity index (χ3v) is 5.97. The summed E-state index contributed by atoms with van der Waals surface area (Å²) >= 11 is 0. The second kappa shape index (κ2) is 8.40. The van der Waals surface area contributed by atoms with Crippen LogP contribution in [0.3, 0.4) is 0 Å². The lowest BCUT2D eigenvalue weighted by Crippen LogP contribution is -2.40. The van der Waals surface area contributed by atoms with Crippen molar-refractivity contribution < 1.29 is 14.3 Å². The first-order chi connectivity index (χ1) is 13.2. The maximum Gasteiger partial charge on any atom is 0.239 e. The molecular formula is C21H29N3O3. The van der Waals surface area contributed by atoms with Crippen LogP contribution in [0.5, 0.6) is 0 Å². The number of rotatable bonds is 6. The van der Waals surface area contributed by atoms with E-state index in [9.17, 15) is 9.59 Å². The zero-order valence-electron chi connectivity index (χ0n) is 15.9. The van der Waals surface area contributed by atoms with E-state index in [-0.39, 0.29) is 11.8 Å². The largest absolute Gasteiger partial charge is 0.379 e. The Morgan fingerprint density at radius 2 is 1.96 bits per heavy atom. The number of morpholine rings is 1. The number of nitrogens with one attached hydrogen (secondary N) is 1. The van der Waals surface area contributed by atoms with Crippen molar-refractivity contribution in [3.05, 3.63) is 29.3 Å². The molecule has 1 aromatic rings. The van der Waals surface area contributed by atoms with Crippen LogP contribution in [0.4, 0.5) is 5.69 Å². The van der Waals surface area contributed by atoms with Crippen molar-refractivity contribution >= 4 is 17.5 Å². The minimum Gasteiger partial charge on any atom is -0.379 e. The molecule has 3 aliphatic rings. The number of benzene rings is 1. The standard InChI is InChI=1S/C21H29N3O3/c25-20(22-8-2-9-23-11-13-27-14-12-23)19-7-10-24(21(19)26)18-6-5-16-3-1-4-17(16)15-18/h5-6,15,19H,1-4,7-14H2,(H,22,25)/t19-/m1/s1. The highest BCUT2D eigenvalue weighted by molar-refractivity contribution is 6.09. The van der Waals surface area contributed by atoms with Crippen molar-refractivity contribution in [2.24, 2.45) is 5.92 Å². The average Bonchev–Trinajstić information content (AvgIpc) is 3.31. The summed E-state index contributed by atoms with van der Waals surface area (Å²) in [6, 6.07) is 6.32. The molecule has 27 heavy (non-hydrogen) atoms. The molecule has 1 atom stereocenters. The quantitative estimate of drug-likeness (QED) is 0.606. The second-order valence-electron chi connectivity index (χ2n) is 7.74. The minimum absolute atomic E-state index is 0.0568. The van der Waals surface area contributed by atoms with Gasteiger partial charge in [-0.1, -0.05) is 6.07 Å². The molecule has 2 heterocycles. The summed E-state index contributed by atoms with van der Waals surface area (Å²) in [5.74, 6) is -0.717. The van der Waals surface area contributed by atoms with Crippen molar-refractivity contribution in [3.63, 3.8) is 0 Å². The second-order valence-corrected chi connectivity index (χ2v) is 7.74. The van der Waals surface area contributed by atoms with Crippen molar-refractivity contribution in [2.45, 2.75) is 32.1 Å². The number of anilines is 1. The lowest BCUT2D eigenvalue weighted by Gasteiger charge is -2.26. The van der Waals surface area contributed by atoms with Gasteiger partial charge >= 0.3 is 0 Å². The molecule has 1 N–H and O–H groups in total. The van der Waals surface area contributed by atoms with Gasteiger partial charge < -0.3 is 15.0 Å². The van der Waals surface area contributed by atoms with Gasteiger partial charge in [-0.25, -0.2) is 0 Å². The highest BCUT2D eigenvalue weighted by atomic mass is 16.5. The molecule has 0 spiro atoms. The topological polar surface area (TPSA) is 61.9 Å². The van der Waals surface area contributed by atoms with Crippen molar-refractivity contribution in [1.29, 1.82) is 0 Å². The molecule has 2 saturated heterocycles. The first-order valence-corrected chi connectivity index (χ1v) is 10.2. The van der Waals surface area contributed by atoms with Crippen LogP contribution in [0.2, 0.25) is 0 Å². The molecule has 6 heteroatoms. The van der Waals surface area contributed by atoms with Gasteiger partial charge in [0.2, 0.25) is 11.8 Å². The average molecular weight is 371 g/mol. The Bertz CT molecular complexity index is 700. The van der Waals surface area contributed by atoms with Crippen LogP contribution in [0, 0.1) is 5.92 Å². The van der Waals surface area contributed by atoms with E-state index in [1.807, 2.05) is 6.07 Å². The van der Waals surface area contributed by atoms with Crippen LogP contribution in [-0.4, -0.2) is 62.7 Å². The van der Waals surface area contributed by atoms with Crippen LogP contribution < -0.4 is 10.2 Å². The monoisotopic (exact) mass is 371 g/mol. The highest BCUT2D eigenvalue weighted by Gasteiger charge is 2.37. The fourth-order valence-corrected chi connectivity index (χ4v) is 4.37. The molecule has 0 radical (unpaired) electrons. The van der Waals surface area contributed by atoms with Gasteiger partial charge in [0.1, 0.15) is 5.92 Å². The SMILES string of the molecule is O=C(NCCCN1CCOCC1)[C@H]1CCN(c2ccc3c(c2)CCC3)C1=O. The van der Waals surface area contributed by atoms with Gasteiger partial charge in [-0.3, -0.25) is 14.5 Å². The minimum atomic E-state index is -0.540. The molecular weight excluding hydrogens is 342 g/mol. The van der Waals surface area contributed by atoms with E-state index in [2.05, 4.69) is 22.3 Å². The zero-order chi connectivity index (χ0) is 18.6. The van der Waals surface area contributed by atoms with Crippen LogP contribution in [0.1, 0.15) is 30.4 Å². The smallest absolute Gasteiger partial charge is 0.239 e. The third-order valence-electron chi connectivity index (χ3n) is 5.97. The maximum absolute atomic E-state index is 12.8. The van der Waals surface area contributed by atoms with Gasteiger partial charge in [0.05, 0.1) is 13.2 Å². The van der Waals surface area contributed by atoms with Crippen LogP contribution in [0.25, 0.3) is 0 Å². The number of fused-ring (bicyclic) bond motifs is 1. The number of aryl methyl sites for hydroxylation is 2. The maximum atomic E-state index is 12.8. The molecule has 4 rings (SSSR count). The van der Waals surface area contributed by atoms with Gasteiger partial charge in [0.15, 0.2) is 0 Å². The number of nitrogens with zero attached hydrogens (tertiary/aromatic N) is 2. The lowest BCUT2D eigenvalue weighted by molar-refractivity contribution is -0.132. The van der Waals surface area contributed by atoms with E-state index in [1.165, 1.54) is 17.5 Å². The number of hydrogen-bond donors (Lipinski definition) is 1. The molecule has 1 aliphatic carbocycles. The summed E-state index contributed by atoms with van der Waals surface area (Å²) in [4.78, 5) is 29.4. The van der Waals surface area contributed by atoms with E-state index in [4.69, 9.17) is 4.74 Å². The Kier molecular flexibility index (Phi) is 5.74. The Morgan fingerprint density at radius 1 is 1.15 bits per heavy atom. The van der Waals surface area contributed by atoms with Crippen molar-refractivity contribution in [2.75, 3.05) is 50.8 Å². The normalized spacial score (nSPS) is 22.9. The van der Waals surface area contributed by atoms with Crippen LogP contribution in [-0.2, 0) is 27.2 Å². The molecule has 0 aromatic heterocycles.